The number of methoxy groups -OCH3 is 1. The summed E-state index contributed by atoms with van der Waals surface area (Å²) in [5.41, 5.74) is 4.22. The summed E-state index contributed by atoms with van der Waals surface area (Å²) in [6, 6.07) is 9.95. The highest BCUT2D eigenvalue weighted by Crippen LogP contribution is 2.43. The molecular weight excluding hydrogens is 924 g/mol. The van der Waals surface area contributed by atoms with E-state index < -0.39 is 80.4 Å². The molecule has 69 heavy (non-hydrogen) atoms. The quantitative estimate of drug-likeness (QED) is 0.107. The van der Waals surface area contributed by atoms with E-state index in [2.05, 4.69) is 10.0 Å². The van der Waals surface area contributed by atoms with Crippen LogP contribution in [0.3, 0.4) is 0 Å². The number of allylic oxidation sites excluding steroid dienone is 2. The molecular formula is C49H62F3N5O11S. The summed E-state index contributed by atoms with van der Waals surface area (Å²) in [4.78, 5) is 60.1. The fraction of sp³-hybridized carbons (Fsp3) is 0.571. The molecule has 16 nitrogen and oxygen atoms in total. The molecule has 4 amide bonds. The second-order valence-electron chi connectivity index (χ2n) is 19.6. The number of carbonyl (C=O) groups is 4. The summed E-state index contributed by atoms with van der Waals surface area (Å²) >= 11 is 0. The van der Waals surface area contributed by atoms with Crippen molar-refractivity contribution >= 4 is 44.6 Å². The number of likely N-dealkylation sites (tertiary alicyclic amines) is 1. The number of ether oxygens (including phenoxy) is 5. The van der Waals surface area contributed by atoms with E-state index >= 15 is 0 Å². The van der Waals surface area contributed by atoms with Gasteiger partial charge in [0.1, 0.15) is 37.2 Å². The SMILES string of the molecule is COc1ccc2c(O[C@@H]3C[C@@H](C(N)=O)N(C(=O)[C@@H](NC(=O)OC(C)(C)C(F)(F)F)[C@H](C)C[C@@H](C)CC/C=C\[C@@H]4CCCC4C(=O)NS(=O)(=O)C4(C)CC4)C3)nc(-c3ccc4c(c3)OCCO4)cc2c1. The fourth-order valence-electron chi connectivity index (χ4n) is 9.26. The highest BCUT2D eigenvalue weighted by Gasteiger charge is 2.53. The van der Waals surface area contributed by atoms with E-state index in [1.165, 1.54) is 4.90 Å². The van der Waals surface area contributed by atoms with Gasteiger partial charge in [0.05, 0.1) is 24.1 Å². The van der Waals surface area contributed by atoms with Crippen molar-refractivity contribution in [3.63, 3.8) is 0 Å². The zero-order valence-electron chi connectivity index (χ0n) is 39.7. The second-order valence-corrected chi connectivity index (χ2v) is 21.8. The number of nitrogens with one attached hydrogen (secondary N) is 2. The van der Waals surface area contributed by atoms with Crippen LogP contribution in [0.5, 0.6) is 23.1 Å². The number of halogens is 3. The first-order valence-electron chi connectivity index (χ1n) is 23.4. The Kier molecular flexibility index (Phi) is 15.0. The number of nitrogens with zero attached hydrogens (tertiary/aromatic N) is 2. The van der Waals surface area contributed by atoms with Crippen LogP contribution < -0.4 is 34.7 Å². The number of rotatable bonds is 18. The molecule has 1 saturated heterocycles. The van der Waals surface area contributed by atoms with Gasteiger partial charge >= 0.3 is 12.3 Å². The van der Waals surface area contributed by atoms with Crippen LogP contribution in [0.4, 0.5) is 18.0 Å². The molecule has 376 valence electrons. The van der Waals surface area contributed by atoms with Gasteiger partial charge in [0, 0.05) is 23.3 Å². The standard InChI is InChI=1S/C49H62F3N5O11S/c1-28(10-7-8-11-30-12-9-13-35(30)43(59)56-69(62,63)48(5)18-19-48)22-29(2)41(55-46(61)68-47(3,4)49(50,51)52)45(60)57-27-34(26-38(57)42(53)58)67-44-36-16-15-33(64-6)23-32(36)24-37(54-44)31-14-17-39-40(25-31)66-21-20-65-39/h8,11,14-17,23-25,28-30,34-35,38,41H,7,9-10,12-13,18-22,26-27H2,1-6H3,(H2,53,58)(H,55,61)(H,56,59)/b11-8-/t28-,29+,30+,34+,35?,38-,41-/m0/s1. The molecule has 3 heterocycles. The topological polar surface area (TPSA) is 215 Å². The van der Waals surface area contributed by atoms with Gasteiger partial charge in [-0.15, -0.1) is 0 Å². The van der Waals surface area contributed by atoms with Crippen LogP contribution in [0, 0.1) is 23.7 Å². The van der Waals surface area contributed by atoms with Crippen molar-refractivity contribution in [3.05, 3.63) is 54.6 Å². The van der Waals surface area contributed by atoms with Crippen LogP contribution in [0.1, 0.15) is 92.4 Å². The van der Waals surface area contributed by atoms with Crippen LogP contribution in [0.2, 0.25) is 0 Å². The van der Waals surface area contributed by atoms with Gasteiger partial charge in [-0.2, -0.15) is 13.2 Å². The molecule has 2 aromatic carbocycles. The number of benzene rings is 2. The Morgan fingerprint density at radius 2 is 1.75 bits per heavy atom. The van der Waals surface area contributed by atoms with Crippen LogP contribution in [-0.2, 0) is 29.1 Å². The van der Waals surface area contributed by atoms with Crippen LogP contribution >= 0.6 is 0 Å². The molecule has 7 atom stereocenters. The summed E-state index contributed by atoms with van der Waals surface area (Å²) in [5, 5.41) is 3.72. The fourth-order valence-corrected chi connectivity index (χ4v) is 10.6. The molecule has 20 heteroatoms. The minimum Gasteiger partial charge on any atom is -0.497 e. The van der Waals surface area contributed by atoms with Crippen LogP contribution in [0.15, 0.2) is 54.6 Å². The predicted molar refractivity (Wildman–Crippen MR) is 249 cm³/mol. The molecule has 0 radical (unpaired) electrons. The van der Waals surface area contributed by atoms with Gasteiger partial charge in [-0.1, -0.05) is 32.4 Å². The van der Waals surface area contributed by atoms with E-state index in [0.717, 1.165) is 12.8 Å². The predicted octanol–water partition coefficient (Wildman–Crippen LogP) is 7.36. The van der Waals surface area contributed by atoms with Crippen molar-refractivity contribution < 1.29 is 64.5 Å². The lowest BCUT2D eigenvalue weighted by Gasteiger charge is -2.33. The average molecular weight is 986 g/mol. The van der Waals surface area contributed by atoms with Crippen LogP contribution in [-0.4, -0.2) is 104 Å². The molecule has 0 spiro atoms. The van der Waals surface area contributed by atoms with Crippen molar-refractivity contribution in [3.8, 4) is 34.4 Å². The molecule has 7 rings (SSSR count). The van der Waals surface area contributed by atoms with Crippen molar-refractivity contribution in [2.45, 2.75) is 127 Å². The Morgan fingerprint density at radius 3 is 2.43 bits per heavy atom. The van der Waals surface area contributed by atoms with E-state index in [4.69, 9.17) is 34.4 Å². The largest absolute Gasteiger partial charge is 0.497 e. The molecule has 2 aliphatic carbocycles. The Bertz CT molecular complexity index is 2570. The summed E-state index contributed by atoms with van der Waals surface area (Å²) in [5.74, 6) is -1.56. The lowest BCUT2D eigenvalue weighted by atomic mass is 9.87. The maximum absolute atomic E-state index is 14.7. The van der Waals surface area contributed by atoms with Crippen LogP contribution in [0.25, 0.3) is 22.0 Å². The first kappa shape index (κ1) is 51.1. The lowest BCUT2D eigenvalue weighted by molar-refractivity contribution is -0.244. The first-order valence-corrected chi connectivity index (χ1v) is 24.9. The highest BCUT2D eigenvalue weighted by atomic mass is 32.2. The number of nitrogens with two attached hydrogens (primary N) is 1. The van der Waals surface area contributed by atoms with E-state index in [1.807, 2.05) is 37.3 Å². The number of amides is 4. The number of carbonyl (C=O) groups excluding carboxylic acids is 4. The second kappa shape index (κ2) is 20.3. The van der Waals surface area contributed by atoms with Crippen molar-refractivity contribution in [2.75, 3.05) is 26.9 Å². The number of aromatic nitrogens is 1. The van der Waals surface area contributed by atoms with Gasteiger partial charge in [0.15, 0.2) is 11.5 Å². The Labute approximate surface area is 400 Å². The van der Waals surface area contributed by atoms with Gasteiger partial charge in [-0.3, -0.25) is 19.1 Å². The van der Waals surface area contributed by atoms with Crippen molar-refractivity contribution in [1.82, 2.24) is 19.9 Å². The smallest absolute Gasteiger partial charge is 0.427 e. The van der Waals surface area contributed by atoms with E-state index in [9.17, 15) is 40.8 Å². The van der Waals surface area contributed by atoms with Crippen molar-refractivity contribution in [1.29, 1.82) is 0 Å². The number of alkyl carbamates (subject to hydrolysis) is 1. The number of hydrogen-bond donors (Lipinski definition) is 3. The zero-order valence-corrected chi connectivity index (χ0v) is 40.5. The van der Waals surface area contributed by atoms with E-state index in [0.29, 0.717) is 105 Å². The number of hydrogen-bond acceptors (Lipinski definition) is 12. The summed E-state index contributed by atoms with van der Waals surface area (Å²) < 4.78 is 96.8. The number of sulfonamides is 1. The zero-order chi connectivity index (χ0) is 50.1. The van der Waals surface area contributed by atoms with Gasteiger partial charge < -0.3 is 39.6 Å². The minimum absolute atomic E-state index is 0.0528. The van der Waals surface area contributed by atoms with Crippen molar-refractivity contribution in [2.24, 2.45) is 29.4 Å². The summed E-state index contributed by atoms with van der Waals surface area (Å²) in [6.45, 7) is 7.26. The monoisotopic (exact) mass is 985 g/mol. The third-order valence-electron chi connectivity index (χ3n) is 13.9. The molecule has 4 N–H and O–H groups in total. The first-order chi connectivity index (χ1) is 32.5. The van der Waals surface area contributed by atoms with E-state index in [-0.39, 0.29) is 30.7 Å². The normalized spacial score (nSPS) is 22.4. The molecule has 1 aromatic heterocycles. The molecule has 0 bridgehead atoms. The van der Waals surface area contributed by atoms with Gasteiger partial charge in [-0.25, -0.2) is 18.2 Å². The average Bonchev–Trinajstić information content (AvgIpc) is 3.66. The highest BCUT2D eigenvalue weighted by molar-refractivity contribution is 7.91. The molecule has 3 fully saturated rings. The molecule has 2 aliphatic heterocycles. The van der Waals surface area contributed by atoms with E-state index in [1.54, 1.807) is 45.2 Å². The third-order valence-corrected chi connectivity index (χ3v) is 16.0. The Morgan fingerprint density at radius 1 is 1.03 bits per heavy atom. The molecule has 4 aliphatic rings. The number of alkyl halides is 3. The lowest BCUT2D eigenvalue weighted by Crippen LogP contribution is -2.56. The molecule has 2 saturated carbocycles. The Balaban J connectivity index is 1.07. The van der Waals surface area contributed by atoms with Gasteiger partial charge in [-0.05, 0) is 131 Å². The molecule has 3 aromatic rings. The number of pyridine rings is 1. The number of primary amides is 1. The summed E-state index contributed by atoms with van der Waals surface area (Å²) in [6.07, 6.45) is 1.22. The Hall–Kier alpha value is -5.79. The third kappa shape index (κ3) is 11.6. The maximum atomic E-state index is 14.7. The van der Waals surface area contributed by atoms with Gasteiger partial charge in [0.2, 0.25) is 39.2 Å². The molecule has 1 unspecified atom stereocenters. The van der Waals surface area contributed by atoms with Gasteiger partial charge in [0.25, 0.3) is 0 Å². The minimum atomic E-state index is -4.92. The summed E-state index contributed by atoms with van der Waals surface area (Å²) in [7, 11) is -2.22. The number of fused-ring (bicyclic) bond motifs is 2. The maximum Gasteiger partial charge on any atom is 0.427 e.